The third kappa shape index (κ3) is 13.8. The van der Waals surface area contributed by atoms with Crippen molar-refractivity contribution < 1.29 is 57.5 Å². The minimum Gasteiger partial charge on any atom is -0.465 e. The fraction of sp³-hybridized carbons (Fsp3) is 0.600. The topological polar surface area (TPSA) is 184 Å². The van der Waals surface area contributed by atoms with Crippen LogP contribution in [0.5, 0.6) is 0 Å². The van der Waals surface area contributed by atoms with Crippen LogP contribution in [0.25, 0.3) is 11.3 Å². The highest BCUT2D eigenvalue weighted by molar-refractivity contribution is 14.1. The number of imidazole rings is 2. The Hall–Kier alpha value is -3.29. The lowest BCUT2D eigenvalue weighted by atomic mass is 9.75. The average molecular weight is 1120 g/mol. The van der Waals surface area contributed by atoms with Crippen molar-refractivity contribution in [2.75, 3.05) is 53.9 Å². The lowest BCUT2D eigenvalue weighted by molar-refractivity contribution is -0.191. The first-order valence-electron chi connectivity index (χ1n) is 23.8. The highest BCUT2D eigenvalue weighted by Crippen LogP contribution is 2.38. The van der Waals surface area contributed by atoms with Gasteiger partial charge in [0.1, 0.15) is 28.8 Å². The van der Waals surface area contributed by atoms with Gasteiger partial charge >= 0.3 is 19.1 Å². The molecule has 2 aromatic heterocycles. The second-order valence-corrected chi connectivity index (χ2v) is 34.2. The van der Waals surface area contributed by atoms with Gasteiger partial charge in [0.25, 0.3) is 0 Å². The molecule has 3 aliphatic rings. The second kappa shape index (κ2) is 22.9. The van der Waals surface area contributed by atoms with Crippen molar-refractivity contribution >= 4 is 63.3 Å². The van der Waals surface area contributed by atoms with Gasteiger partial charge in [-0.2, -0.15) is 0 Å². The van der Waals surface area contributed by atoms with Gasteiger partial charge in [0.05, 0.1) is 80.1 Å². The fourth-order valence-electron chi connectivity index (χ4n) is 7.57. The molecule has 0 atom stereocenters. The van der Waals surface area contributed by atoms with Crippen LogP contribution in [0.15, 0.2) is 36.4 Å². The zero-order valence-corrected chi connectivity index (χ0v) is 48.4. The number of esters is 2. The summed E-state index contributed by atoms with van der Waals surface area (Å²) in [5.74, 6) is 0.455. The van der Waals surface area contributed by atoms with Crippen LogP contribution < -0.4 is 5.46 Å². The van der Waals surface area contributed by atoms with Gasteiger partial charge in [-0.3, -0.25) is 4.57 Å². The van der Waals surface area contributed by atoms with E-state index in [9.17, 15) is 19.8 Å². The molecule has 70 heavy (non-hydrogen) atoms. The van der Waals surface area contributed by atoms with Crippen LogP contribution in [-0.2, 0) is 62.4 Å². The number of methoxy groups -OCH3 is 2. The van der Waals surface area contributed by atoms with Gasteiger partial charge in [-0.25, -0.2) is 19.6 Å². The largest absolute Gasteiger partial charge is 0.495 e. The first-order chi connectivity index (χ1) is 32.5. The molecule has 3 fully saturated rings. The van der Waals surface area contributed by atoms with Gasteiger partial charge in [0.15, 0.2) is 11.2 Å². The molecule has 0 spiro atoms. The van der Waals surface area contributed by atoms with Crippen molar-refractivity contribution in [2.24, 2.45) is 0 Å². The van der Waals surface area contributed by atoms with Gasteiger partial charge in [-0.15, -0.1) is 0 Å². The van der Waals surface area contributed by atoms with Gasteiger partial charge < -0.3 is 52.5 Å². The van der Waals surface area contributed by atoms with E-state index in [-0.39, 0.29) is 25.9 Å². The lowest BCUT2D eigenvalue weighted by Crippen LogP contribution is -2.48. The van der Waals surface area contributed by atoms with E-state index < -0.39 is 51.6 Å². The molecule has 0 saturated carbocycles. The zero-order valence-electron chi connectivity index (χ0n) is 44.3. The Balaban J connectivity index is 0.000000202. The molecular formula is C50H76BIN4O12Si2. The Morgan fingerprint density at radius 2 is 1.11 bits per heavy atom. The van der Waals surface area contributed by atoms with Crippen LogP contribution in [0.4, 0.5) is 0 Å². The molecule has 5 heterocycles. The molecular weight excluding hydrogens is 1040 g/mol. The molecule has 0 bridgehead atoms. The van der Waals surface area contributed by atoms with E-state index in [2.05, 4.69) is 71.8 Å². The summed E-state index contributed by atoms with van der Waals surface area (Å²) in [6, 6.07) is 13.1. The molecule has 0 radical (unpaired) electrons. The average Bonchev–Trinajstić information content (AvgIpc) is 3.82. The van der Waals surface area contributed by atoms with Gasteiger partial charge in [-0.1, -0.05) is 57.0 Å². The lowest BCUT2D eigenvalue weighted by Gasteiger charge is -2.36. The Labute approximate surface area is 430 Å². The van der Waals surface area contributed by atoms with Crippen molar-refractivity contribution in [1.82, 2.24) is 19.1 Å². The van der Waals surface area contributed by atoms with Crippen molar-refractivity contribution in [3.63, 3.8) is 0 Å². The summed E-state index contributed by atoms with van der Waals surface area (Å²) in [4.78, 5) is 32.9. The number of hydrogen-bond acceptors (Lipinski definition) is 14. The summed E-state index contributed by atoms with van der Waals surface area (Å²) < 4.78 is 48.8. The standard InChI is InChI=1S/C22H32N2O5Si.C15H21BO4.C13H23IN2O3Si/c1-15-7-8-17(20(25)27-3)11-18(15)19-16(2)23-21(22(26)12-29-13-22)24(19)14-28-9-10-30(4,5)6;1-10-7-8-11(13(17)18-6)9-12(10)16-19-14(2,3)15(4,5)20-16;1-10-11(14)16(9-18-5-6-20(2,3)4)12(15-10)13(17)7-19-8-13/h7-8,11,26H,9-10,12-14H2,1-6H3;7-9H,1-6H3;17H,5-9H2,1-4H3. The van der Waals surface area contributed by atoms with Gasteiger partial charge in [0.2, 0.25) is 0 Å². The third-order valence-electron chi connectivity index (χ3n) is 13.0. The molecule has 7 rings (SSSR count). The number of benzene rings is 2. The Morgan fingerprint density at radius 1 is 0.686 bits per heavy atom. The molecule has 0 aliphatic carbocycles. The molecule has 3 aliphatic heterocycles. The summed E-state index contributed by atoms with van der Waals surface area (Å²) in [6.07, 6.45) is 0. The molecule has 16 nitrogen and oxygen atoms in total. The number of aliphatic hydroxyl groups is 2. The molecule has 4 aromatic rings. The zero-order chi connectivity index (χ0) is 52.2. The Kier molecular flexibility index (Phi) is 18.8. The fourth-order valence-corrected chi connectivity index (χ4v) is 9.57. The van der Waals surface area contributed by atoms with E-state index in [1.54, 1.807) is 18.2 Å². The summed E-state index contributed by atoms with van der Waals surface area (Å²) in [7, 11) is -0.0157. The molecule has 3 saturated heterocycles. The molecule has 2 aromatic carbocycles. The second-order valence-electron chi connectivity index (χ2n) is 22.0. The number of nitrogens with zero attached hydrogens (tertiary/aromatic N) is 4. The SMILES string of the molecule is COC(=O)c1ccc(C)c(-c2c(C)nc(C3(O)COC3)n2COCC[Si](C)(C)C)c1.COC(=O)c1ccc(C)c(B2OC(C)(C)C(C)(C)O2)c1.Cc1nc(C2(O)COC2)n(COCC[Si](C)(C)C)c1I. The first-order valence-corrected chi connectivity index (χ1v) is 32.3. The minimum atomic E-state index is -1.22. The maximum Gasteiger partial charge on any atom is 0.495 e. The molecule has 2 N–H and O–H groups in total. The van der Waals surface area contributed by atoms with E-state index in [1.165, 1.54) is 14.2 Å². The quantitative estimate of drug-likeness (QED) is 0.0478. The third-order valence-corrected chi connectivity index (χ3v) is 17.7. The monoisotopic (exact) mass is 1120 g/mol. The van der Waals surface area contributed by atoms with Crippen LogP contribution in [0.1, 0.15) is 82.6 Å². The van der Waals surface area contributed by atoms with Crippen molar-refractivity contribution in [3.8, 4) is 11.3 Å². The first kappa shape index (κ1) is 57.6. The van der Waals surface area contributed by atoms with E-state index >= 15 is 0 Å². The van der Waals surface area contributed by atoms with Crippen LogP contribution in [0, 0.1) is 31.4 Å². The summed E-state index contributed by atoms with van der Waals surface area (Å²) in [6.45, 7) is 33.0. The number of aromatic nitrogens is 4. The van der Waals surface area contributed by atoms with E-state index in [4.69, 9.17) is 37.7 Å². The molecule has 0 unspecified atom stereocenters. The van der Waals surface area contributed by atoms with Crippen molar-refractivity contribution in [1.29, 1.82) is 0 Å². The number of carbonyl (C=O) groups is 2. The van der Waals surface area contributed by atoms with Crippen molar-refractivity contribution in [3.05, 3.63) is 85.4 Å². The normalized spacial score (nSPS) is 17.6. The van der Waals surface area contributed by atoms with E-state index in [0.717, 1.165) is 61.6 Å². The maximum atomic E-state index is 12.1. The smallest absolute Gasteiger partial charge is 0.465 e. The van der Waals surface area contributed by atoms with Gasteiger partial charge in [-0.05, 0) is 125 Å². The molecule has 20 heteroatoms. The van der Waals surface area contributed by atoms with Crippen LogP contribution in [0.3, 0.4) is 0 Å². The Morgan fingerprint density at radius 3 is 1.56 bits per heavy atom. The highest BCUT2D eigenvalue weighted by atomic mass is 127. The highest BCUT2D eigenvalue weighted by Gasteiger charge is 2.52. The number of carbonyl (C=O) groups excluding carboxylic acids is 2. The van der Waals surface area contributed by atoms with Crippen LogP contribution in [-0.4, -0.2) is 130 Å². The van der Waals surface area contributed by atoms with Crippen LogP contribution in [0.2, 0.25) is 51.4 Å². The van der Waals surface area contributed by atoms with E-state index in [0.29, 0.717) is 49.3 Å². The minimum absolute atomic E-state index is 0.207. The summed E-state index contributed by atoms with van der Waals surface area (Å²) in [5.41, 5.74) is 4.39. The number of hydrogen-bond donors (Lipinski definition) is 2. The number of rotatable bonds is 16. The maximum absolute atomic E-state index is 12.1. The van der Waals surface area contributed by atoms with Crippen LogP contribution >= 0.6 is 22.6 Å². The predicted octanol–water partition coefficient (Wildman–Crippen LogP) is 7.89. The summed E-state index contributed by atoms with van der Waals surface area (Å²) in [5, 5.41) is 21.4. The van der Waals surface area contributed by atoms with Crippen molar-refractivity contribution in [2.45, 2.75) is 143 Å². The van der Waals surface area contributed by atoms with E-state index in [1.807, 2.05) is 82.7 Å². The molecule has 0 amide bonds. The number of aryl methyl sites for hydroxylation is 4. The predicted molar refractivity (Wildman–Crippen MR) is 284 cm³/mol. The summed E-state index contributed by atoms with van der Waals surface area (Å²) >= 11 is 2.25. The van der Waals surface area contributed by atoms with Gasteiger partial charge in [0, 0.05) is 34.9 Å². The Bertz CT molecular complexity index is 2460. The number of halogens is 1. The molecule has 386 valence electrons. The number of ether oxygens (including phenoxy) is 6.